The molecule has 102 valence electrons. The number of rotatable bonds is 5. The van der Waals surface area contributed by atoms with Crippen LogP contribution in [0.2, 0.25) is 0 Å². The van der Waals surface area contributed by atoms with Crippen LogP contribution in [0.15, 0.2) is 11.1 Å². The summed E-state index contributed by atoms with van der Waals surface area (Å²) in [5.41, 5.74) is 4.04. The minimum atomic E-state index is -1.21. The summed E-state index contributed by atoms with van der Waals surface area (Å²) in [5.74, 6) is -2.65. The topological polar surface area (TPSA) is 109 Å². The van der Waals surface area contributed by atoms with E-state index < -0.39 is 23.3 Å². The summed E-state index contributed by atoms with van der Waals surface area (Å²) in [6.45, 7) is 7.72. The maximum Gasteiger partial charge on any atom is 0.331 e. The Labute approximate surface area is 106 Å². The van der Waals surface area contributed by atoms with E-state index in [9.17, 15) is 14.4 Å². The van der Waals surface area contributed by atoms with Crippen LogP contribution in [0.4, 0.5) is 0 Å². The van der Waals surface area contributed by atoms with Gasteiger partial charge in [-0.2, -0.15) is 0 Å². The first-order valence-corrected chi connectivity index (χ1v) is 5.57. The Hall–Kier alpha value is -1.85. The van der Waals surface area contributed by atoms with Crippen LogP contribution in [0.1, 0.15) is 34.6 Å². The number of aliphatic carboxylic acids is 1. The number of carbonyl (C=O) groups excluding carboxylic acids is 2. The minimum Gasteiger partial charge on any atom is -0.478 e. The summed E-state index contributed by atoms with van der Waals surface area (Å²) < 4.78 is 0. The minimum absolute atomic E-state index is 0.0515. The molecule has 0 spiro atoms. The zero-order valence-electron chi connectivity index (χ0n) is 11.3. The van der Waals surface area contributed by atoms with Gasteiger partial charge in [0.25, 0.3) is 0 Å². The normalized spacial score (nSPS) is 15.7. The fourth-order valence-electron chi connectivity index (χ4n) is 1.15. The highest BCUT2D eigenvalue weighted by Gasteiger charge is 2.36. The highest BCUT2D eigenvalue weighted by Crippen LogP contribution is 2.17. The Kier molecular flexibility index (Phi) is 5.08. The fraction of sp³-hybridized carbons (Fsp3) is 0.583. The van der Waals surface area contributed by atoms with Gasteiger partial charge < -0.3 is 16.2 Å². The van der Waals surface area contributed by atoms with Crippen LogP contribution in [-0.2, 0) is 14.4 Å². The Bertz CT molecular complexity index is 412. The van der Waals surface area contributed by atoms with Crippen molar-refractivity contribution in [2.75, 3.05) is 0 Å². The van der Waals surface area contributed by atoms with Crippen molar-refractivity contribution in [3.63, 3.8) is 0 Å². The molecule has 4 N–H and O–H groups in total. The Morgan fingerprint density at radius 2 is 1.61 bits per heavy atom. The number of hydrogen-bond acceptors (Lipinski definition) is 3. The number of amides is 2. The lowest BCUT2D eigenvalue weighted by Gasteiger charge is -2.31. The highest BCUT2D eigenvalue weighted by molar-refractivity contribution is 6.03. The molecule has 0 rings (SSSR count). The van der Waals surface area contributed by atoms with Crippen molar-refractivity contribution in [2.45, 2.75) is 40.2 Å². The molecule has 0 aromatic carbocycles. The standard InChI is InChI=1S/C12H20N2O4/c1-6(2)12(5,11(13)18)14-9(15)7(3)8(4)10(16)17/h6H,1-5H3,(H2,13,18)(H,14,15)(H,16,17). The zero-order chi connectivity index (χ0) is 14.7. The molecule has 0 saturated carbocycles. The predicted octanol–water partition coefficient (Wildman–Crippen LogP) is 0.424. The van der Waals surface area contributed by atoms with Crippen molar-refractivity contribution < 1.29 is 19.5 Å². The van der Waals surface area contributed by atoms with Crippen LogP contribution in [0.5, 0.6) is 0 Å². The summed E-state index contributed by atoms with van der Waals surface area (Å²) in [7, 11) is 0. The zero-order valence-corrected chi connectivity index (χ0v) is 11.3. The molecule has 6 heteroatoms. The predicted molar refractivity (Wildman–Crippen MR) is 66.6 cm³/mol. The van der Waals surface area contributed by atoms with Crippen LogP contribution < -0.4 is 11.1 Å². The van der Waals surface area contributed by atoms with Gasteiger partial charge in [-0.1, -0.05) is 13.8 Å². The maximum absolute atomic E-state index is 11.9. The third-order valence-electron chi connectivity index (χ3n) is 3.26. The van der Waals surface area contributed by atoms with Crippen LogP contribution in [-0.4, -0.2) is 28.4 Å². The van der Waals surface area contributed by atoms with Crippen LogP contribution in [0, 0.1) is 5.92 Å². The third kappa shape index (κ3) is 3.32. The molecule has 0 aliphatic heterocycles. The first-order chi connectivity index (χ1) is 8.04. The van der Waals surface area contributed by atoms with E-state index in [1.807, 2.05) is 0 Å². The monoisotopic (exact) mass is 256 g/mol. The molecule has 18 heavy (non-hydrogen) atoms. The summed E-state index contributed by atoms with van der Waals surface area (Å²) in [5, 5.41) is 11.3. The van der Waals surface area contributed by atoms with Gasteiger partial charge in [-0.05, 0) is 26.7 Å². The van der Waals surface area contributed by atoms with Crippen molar-refractivity contribution in [1.82, 2.24) is 5.32 Å². The van der Waals surface area contributed by atoms with E-state index in [1.165, 1.54) is 20.8 Å². The average molecular weight is 256 g/mol. The fourth-order valence-corrected chi connectivity index (χ4v) is 1.15. The average Bonchev–Trinajstić information content (AvgIpc) is 2.25. The van der Waals surface area contributed by atoms with Crippen molar-refractivity contribution in [1.29, 1.82) is 0 Å². The van der Waals surface area contributed by atoms with Gasteiger partial charge in [0.15, 0.2) is 0 Å². The third-order valence-corrected chi connectivity index (χ3v) is 3.26. The number of nitrogens with one attached hydrogen (secondary N) is 1. The van der Waals surface area contributed by atoms with E-state index in [2.05, 4.69) is 5.32 Å². The number of carboxylic acid groups (broad SMARTS) is 1. The summed E-state index contributed by atoms with van der Waals surface area (Å²) in [6, 6.07) is 0. The number of nitrogens with two attached hydrogens (primary N) is 1. The molecular formula is C12H20N2O4. The lowest BCUT2D eigenvalue weighted by Crippen LogP contribution is -2.59. The molecule has 0 heterocycles. The molecule has 2 amide bonds. The van der Waals surface area contributed by atoms with Gasteiger partial charge in [-0.15, -0.1) is 0 Å². The van der Waals surface area contributed by atoms with Crippen molar-refractivity contribution in [2.24, 2.45) is 11.7 Å². The van der Waals surface area contributed by atoms with Crippen molar-refractivity contribution in [3.05, 3.63) is 11.1 Å². The smallest absolute Gasteiger partial charge is 0.331 e. The Morgan fingerprint density at radius 3 is 1.89 bits per heavy atom. The van der Waals surface area contributed by atoms with E-state index >= 15 is 0 Å². The van der Waals surface area contributed by atoms with Gasteiger partial charge in [-0.25, -0.2) is 4.79 Å². The number of carbonyl (C=O) groups is 3. The lowest BCUT2D eigenvalue weighted by molar-refractivity contribution is -0.133. The first kappa shape index (κ1) is 16.1. The quantitative estimate of drug-likeness (QED) is 0.619. The second-order valence-corrected chi connectivity index (χ2v) is 4.73. The highest BCUT2D eigenvalue weighted by atomic mass is 16.4. The molecule has 0 saturated heterocycles. The van der Waals surface area contributed by atoms with E-state index in [-0.39, 0.29) is 17.1 Å². The van der Waals surface area contributed by atoms with Gasteiger partial charge >= 0.3 is 5.97 Å². The largest absolute Gasteiger partial charge is 0.478 e. The van der Waals surface area contributed by atoms with E-state index in [4.69, 9.17) is 10.8 Å². The van der Waals surface area contributed by atoms with Gasteiger partial charge in [0, 0.05) is 11.1 Å². The second kappa shape index (κ2) is 5.66. The van der Waals surface area contributed by atoms with Gasteiger partial charge in [-0.3, -0.25) is 9.59 Å². The van der Waals surface area contributed by atoms with Crippen LogP contribution in [0.25, 0.3) is 0 Å². The number of primary amides is 1. The molecule has 0 bridgehead atoms. The van der Waals surface area contributed by atoms with Crippen LogP contribution >= 0.6 is 0 Å². The molecule has 0 aliphatic rings. The van der Waals surface area contributed by atoms with Crippen LogP contribution in [0.3, 0.4) is 0 Å². The molecule has 1 atom stereocenters. The molecule has 0 radical (unpaired) electrons. The maximum atomic E-state index is 11.9. The second-order valence-electron chi connectivity index (χ2n) is 4.73. The summed E-state index contributed by atoms with van der Waals surface area (Å²) in [6.07, 6.45) is 0. The van der Waals surface area contributed by atoms with Crippen molar-refractivity contribution >= 4 is 17.8 Å². The molecule has 6 nitrogen and oxygen atoms in total. The Morgan fingerprint density at radius 1 is 1.17 bits per heavy atom. The van der Waals surface area contributed by atoms with Crippen molar-refractivity contribution in [3.8, 4) is 0 Å². The van der Waals surface area contributed by atoms with Gasteiger partial charge in [0.05, 0.1) is 0 Å². The number of hydrogen-bond donors (Lipinski definition) is 3. The van der Waals surface area contributed by atoms with Gasteiger partial charge in [0.2, 0.25) is 11.8 Å². The molecule has 0 aromatic rings. The molecule has 1 unspecified atom stereocenters. The molecule has 0 aromatic heterocycles. The lowest BCUT2D eigenvalue weighted by atomic mass is 9.87. The first-order valence-electron chi connectivity index (χ1n) is 5.57. The SMILES string of the molecule is CC(C(=O)O)=C(C)C(=O)NC(C)(C(N)=O)C(C)C. The van der Waals surface area contributed by atoms with E-state index in [0.29, 0.717) is 0 Å². The number of carboxylic acids is 1. The summed E-state index contributed by atoms with van der Waals surface area (Å²) >= 11 is 0. The Balaban J connectivity index is 5.23. The van der Waals surface area contributed by atoms with E-state index in [0.717, 1.165) is 0 Å². The van der Waals surface area contributed by atoms with Gasteiger partial charge in [0.1, 0.15) is 5.54 Å². The molecule has 0 aliphatic carbocycles. The molecular weight excluding hydrogens is 236 g/mol. The molecule has 0 fully saturated rings. The van der Waals surface area contributed by atoms with E-state index in [1.54, 1.807) is 13.8 Å². The summed E-state index contributed by atoms with van der Waals surface area (Å²) in [4.78, 5) is 34.0.